The number of halogens is 3. The monoisotopic (exact) mass is 403 g/mol. The fourth-order valence-corrected chi connectivity index (χ4v) is 3.48. The summed E-state index contributed by atoms with van der Waals surface area (Å²) >= 11 is 0. The van der Waals surface area contributed by atoms with Gasteiger partial charge in [0.1, 0.15) is 6.33 Å². The summed E-state index contributed by atoms with van der Waals surface area (Å²) < 4.78 is 46.1. The molecule has 0 aliphatic carbocycles. The van der Waals surface area contributed by atoms with E-state index in [0.29, 0.717) is 11.3 Å². The third-order valence-corrected chi connectivity index (χ3v) is 4.84. The van der Waals surface area contributed by atoms with E-state index in [0.717, 1.165) is 12.1 Å². The molecule has 2 N–H and O–H groups in total. The van der Waals surface area contributed by atoms with Crippen molar-refractivity contribution in [2.45, 2.75) is 18.5 Å². The Bertz CT molecular complexity index is 1090. The Balaban J connectivity index is 1.85. The van der Waals surface area contributed by atoms with Gasteiger partial charge in [-0.15, -0.1) is 0 Å². The number of phenolic OH excluding ortho intramolecular Hbond substituents is 1. The van der Waals surface area contributed by atoms with E-state index in [9.17, 15) is 23.1 Å². The van der Waals surface area contributed by atoms with Gasteiger partial charge in [0, 0.05) is 18.0 Å². The van der Waals surface area contributed by atoms with Gasteiger partial charge in [0.25, 0.3) is 0 Å². The number of carbonyl (C=O) groups is 1. The second kappa shape index (κ2) is 6.84. The summed E-state index contributed by atoms with van der Waals surface area (Å²) in [4.78, 5) is 16.4. The lowest BCUT2D eigenvalue weighted by molar-refractivity contribution is -0.137. The van der Waals surface area contributed by atoms with E-state index in [1.165, 1.54) is 30.1 Å². The Morgan fingerprint density at radius 1 is 1.24 bits per heavy atom. The molecule has 0 saturated carbocycles. The van der Waals surface area contributed by atoms with E-state index in [2.05, 4.69) is 10.3 Å². The number of alkyl halides is 3. The number of benzene rings is 2. The Kier molecular flexibility index (Phi) is 4.45. The van der Waals surface area contributed by atoms with Crippen molar-refractivity contribution in [1.29, 1.82) is 0 Å². The van der Waals surface area contributed by atoms with Gasteiger partial charge in [-0.3, -0.25) is 4.79 Å². The predicted molar refractivity (Wildman–Crippen MR) is 98.3 cm³/mol. The number of nitrogens with one attached hydrogen (secondary N) is 1. The van der Waals surface area contributed by atoms with Crippen LogP contribution in [0.5, 0.6) is 11.5 Å². The van der Waals surface area contributed by atoms with E-state index >= 15 is 0 Å². The molecular weight excluding hydrogens is 387 g/mol. The minimum Gasteiger partial charge on any atom is -0.504 e. The highest BCUT2D eigenvalue weighted by Crippen LogP contribution is 2.41. The molecule has 150 valence electrons. The molecule has 1 atom stereocenters. The Morgan fingerprint density at radius 3 is 2.76 bits per heavy atom. The number of amides is 1. The molecule has 0 radical (unpaired) electrons. The van der Waals surface area contributed by atoms with Crippen molar-refractivity contribution in [2.24, 2.45) is 0 Å². The maximum atomic E-state index is 13.1. The van der Waals surface area contributed by atoms with Gasteiger partial charge in [-0.2, -0.15) is 13.2 Å². The summed E-state index contributed by atoms with van der Waals surface area (Å²) in [5, 5.41) is 12.5. The van der Waals surface area contributed by atoms with E-state index in [1.807, 2.05) is 0 Å². The first-order valence-corrected chi connectivity index (χ1v) is 8.69. The minimum atomic E-state index is -4.48. The number of rotatable bonds is 3. The molecule has 0 unspecified atom stereocenters. The summed E-state index contributed by atoms with van der Waals surface area (Å²) in [6.45, 7) is 0. The smallest absolute Gasteiger partial charge is 0.416 e. The molecule has 9 heteroatoms. The molecule has 4 rings (SSSR count). The highest BCUT2D eigenvalue weighted by molar-refractivity contribution is 5.94. The number of ether oxygens (including phenoxy) is 1. The number of carbonyl (C=O) groups excluding carboxylic acids is 1. The second-order valence-corrected chi connectivity index (χ2v) is 6.63. The highest BCUT2D eigenvalue weighted by atomic mass is 19.4. The van der Waals surface area contributed by atoms with Crippen molar-refractivity contribution >= 4 is 11.7 Å². The normalized spacial score (nSPS) is 16.3. The lowest BCUT2D eigenvalue weighted by Gasteiger charge is -2.25. The number of anilines is 1. The molecular formula is C20H16F3N3O3. The number of methoxy groups -OCH3 is 1. The molecule has 2 heterocycles. The fraction of sp³-hybridized carbons (Fsp3) is 0.200. The maximum Gasteiger partial charge on any atom is 0.416 e. The fourth-order valence-electron chi connectivity index (χ4n) is 3.48. The third kappa shape index (κ3) is 3.39. The van der Waals surface area contributed by atoms with Crippen LogP contribution >= 0.6 is 0 Å². The van der Waals surface area contributed by atoms with E-state index in [4.69, 9.17) is 4.74 Å². The van der Waals surface area contributed by atoms with Crippen molar-refractivity contribution in [3.8, 4) is 17.2 Å². The van der Waals surface area contributed by atoms with Crippen LogP contribution in [-0.2, 0) is 11.0 Å². The number of aromatic hydroxyl groups is 1. The summed E-state index contributed by atoms with van der Waals surface area (Å²) in [6, 6.07) is 9.60. The molecule has 6 nitrogen and oxygen atoms in total. The van der Waals surface area contributed by atoms with Gasteiger partial charge in [0.05, 0.1) is 18.4 Å². The average Bonchev–Trinajstić information content (AvgIpc) is 3.11. The van der Waals surface area contributed by atoms with Crippen molar-refractivity contribution < 1.29 is 27.8 Å². The van der Waals surface area contributed by atoms with Crippen molar-refractivity contribution in [2.75, 3.05) is 12.4 Å². The maximum absolute atomic E-state index is 13.1. The molecule has 0 spiro atoms. The zero-order valence-corrected chi connectivity index (χ0v) is 15.2. The lowest BCUT2D eigenvalue weighted by Crippen LogP contribution is -2.25. The van der Waals surface area contributed by atoms with E-state index < -0.39 is 17.7 Å². The third-order valence-electron chi connectivity index (χ3n) is 4.84. The largest absolute Gasteiger partial charge is 0.504 e. The summed E-state index contributed by atoms with van der Waals surface area (Å²) in [5.74, 6) is -0.270. The van der Waals surface area contributed by atoms with Crippen LogP contribution in [0.15, 0.2) is 48.8 Å². The number of imidazole rings is 1. The first-order valence-electron chi connectivity index (χ1n) is 8.69. The number of aromatic nitrogens is 2. The molecule has 3 aromatic rings. The van der Waals surface area contributed by atoms with E-state index in [-0.39, 0.29) is 35.3 Å². The molecule has 1 aliphatic rings. The first kappa shape index (κ1) is 18.9. The number of phenols is 1. The van der Waals surface area contributed by atoms with Crippen LogP contribution in [-0.4, -0.2) is 27.7 Å². The molecule has 0 fully saturated rings. The van der Waals surface area contributed by atoms with Crippen LogP contribution in [0.25, 0.3) is 5.69 Å². The standard InChI is InChI=1S/C20H16F3N3O3/c1-29-16-7-11(5-6-15(16)27)14-9-17(28)25-19-18(14)26(10-24-19)13-4-2-3-12(8-13)20(21,22)23/h2-8,10,14,27H,9H2,1H3,(H,25,28)/t14-/m1/s1. The van der Waals surface area contributed by atoms with Gasteiger partial charge in [-0.1, -0.05) is 12.1 Å². The topological polar surface area (TPSA) is 76.4 Å². The molecule has 1 amide bonds. The molecule has 1 aromatic heterocycles. The highest BCUT2D eigenvalue weighted by Gasteiger charge is 2.33. The van der Waals surface area contributed by atoms with Gasteiger partial charge in [0.2, 0.25) is 5.91 Å². The van der Waals surface area contributed by atoms with Gasteiger partial charge < -0.3 is 19.7 Å². The van der Waals surface area contributed by atoms with Crippen LogP contribution in [0, 0.1) is 0 Å². The van der Waals surface area contributed by atoms with Crippen LogP contribution in [0.1, 0.15) is 29.2 Å². The Hall–Kier alpha value is -3.49. The van der Waals surface area contributed by atoms with Crippen molar-refractivity contribution in [3.05, 3.63) is 65.6 Å². The quantitative estimate of drug-likeness (QED) is 0.691. The molecule has 2 aromatic carbocycles. The van der Waals surface area contributed by atoms with E-state index in [1.54, 1.807) is 18.2 Å². The van der Waals surface area contributed by atoms with Crippen LogP contribution in [0.2, 0.25) is 0 Å². The zero-order valence-electron chi connectivity index (χ0n) is 15.2. The summed E-state index contributed by atoms with van der Waals surface area (Å²) in [6.07, 6.45) is -3.02. The van der Waals surface area contributed by atoms with Crippen molar-refractivity contribution in [1.82, 2.24) is 9.55 Å². The molecule has 0 bridgehead atoms. The van der Waals surface area contributed by atoms with Gasteiger partial charge >= 0.3 is 6.18 Å². The Labute approximate surface area is 163 Å². The lowest BCUT2D eigenvalue weighted by atomic mass is 9.89. The predicted octanol–water partition coefficient (Wildman–Crippen LogP) is 4.08. The van der Waals surface area contributed by atoms with Crippen LogP contribution in [0.3, 0.4) is 0 Å². The molecule has 1 aliphatic heterocycles. The van der Waals surface area contributed by atoms with Crippen LogP contribution in [0.4, 0.5) is 19.0 Å². The second-order valence-electron chi connectivity index (χ2n) is 6.63. The molecule has 29 heavy (non-hydrogen) atoms. The SMILES string of the molecule is COc1cc([C@H]2CC(=O)Nc3ncn(-c4cccc(C(F)(F)F)c4)c32)ccc1O. The number of hydrogen-bond acceptors (Lipinski definition) is 4. The van der Waals surface area contributed by atoms with Gasteiger partial charge in [0.15, 0.2) is 17.3 Å². The number of hydrogen-bond donors (Lipinski definition) is 2. The zero-order chi connectivity index (χ0) is 20.8. The van der Waals surface area contributed by atoms with Crippen LogP contribution < -0.4 is 10.1 Å². The molecule has 0 saturated heterocycles. The number of nitrogens with zero attached hydrogens (tertiary/aromatic N) is 2. The first-order chi connectivity index (χ1) is 13.8. The average molecular weight is 403 g/mol. The Morgan fingerprint density at radius 2 is 2.03 bits per heavy atom. The van der Waals surface area contributed by atoms with Crippen molar-refractivity contribution in [3.63, 3.8) is 0 Å². The minimum absolute atomic E-state index is 0.0527. The summed E-state index contributed by atoms with van der Waals surface area (Å²) in [5.41, 5.74) is 0.724. The summed E-state index contributed by atoms with van der Waals surface area (Å²) in [7, 11) is 1.41. The number of fused-ring (bicyclic) bond motifs is 1. The van der Waals surface area contributed by atoms with Gasteiger partial charge in [-0.25, -0.2) is 4.98 Å². The van der Waals surface area contributed by atoms with Gasteiger partial charge in [-0.05, 0) is 35.9 Å².